The van der Waals surface area contributed by atoms with Gasteiger partial charge in [-0.05, 0) is 42.8 Å². The maximum Gasteiger partial charge on any atom is 0.276 e. The molecule has 0 amide bonds. The quantitative estimate of drug-likeness (QED) is 0.158. The van der Waals surface area contributed by atoms with E-state index < -0.39 is 4.92 Å². The third kappa shape index (κ3) is 4.81. The van der Waals surface area contributed by atoms with Crippen LogP contribution >= 0.6 is 0 Å². The number of aromatic nitrogens is 3. The van der Waals surface area contributed by atoms with Crippen molar-refractivity contribution in [3.8, 4) is 11.5 Å². The van der Waals surface area contributed by atoms with E-state index in [1.54, 1.807) is 33.3 Å². The van der Waals surface area contributed by atoms with Gasteiger partial charge in [0.05, 0.1) is 36.1 Å². The molecule has 3 N–H and O–H groups in total. The molecular weight excluding hydrogens is 452 g/mol. The molecule has 0 radical (unpaired) electrons. The van der Waals surface area contributed by atoms with E-state index in [1.807, 2.05) is 36.2 Å². The monoisotopic (exact) mass is 476 g/mol. The maximum absolute atomic E-state index is 11.4. The van der Waals surface area contributed by atoms with Crippen molar-refractivity contribution in [3.05, 3.63) is 63.7 Å². The van der Waals surface area contributed by atoms with E-state index in [1.165, 1.54) is 6.07 Å². The molecule has 12 nitrogen and oxygen atoms in total. The van der Waals surface area contributed by atoms with Gasteiger partial charge < -0.3 is 20.1 Å². The molecule has 0 fully saturated rings. The topological polar surface area (TPSA) is 157 Å². The van der Waals surface area contributed by atoms with Crippen LogP contribution in [0.4, 0.5) is 28.4 Å². The van der Waals surface area contributed by atoms with E-state index in [-0.39, 0.29) is 11.4 Å². The number of nitrogens with two attached hydrogens (primary N) is 1. The third-order valence-electron chi connectivity index (χ3n) is 5.53. The molecule has 12 heteroatoms. The summed E-state index contributed by atoms with van der Waals surface area (Å²) in [6.07, 6.45) is 0. The summed E-state index contributed by atoms with van der Waals surface area (Å²) in [5.41, 5.74) is 9.99. The first kappa shape index (κ1) is 23.4. The Hall–Kier alpha value is -4.74. The van der Waals surface area contributed by atoms with Crippen LogP contribution in [-0.2, 0) is 6.54 Å². The minimum atomic E-state index is -0.494. The summed E-state index contributed by atoms with van der Waals surface area (Å²) in [4.78, 5) is 12.9. The van der Waals surface area contributed by atoms with E-state index in [2.05, 4.69) is 25.6 Å². The lowest BCUT2D eigenvalue weighted by molar-refractivity contribution is -0.385. The number of methoxy groups -OCH3 is 2. The Bertz CT molecular complexity index is 1410. The second-order valence-corrected chi connectivity index (χ2v) is 7.86. The number of azo groups is 1. The van der Waals surface area contributed by atoms with Gasteiger partial charge in [0.15, 0.2) is 0 Å². The number of anilines is 2. The summed E-state index contributed by atoms with van der Waals surface area (Å²) in [6.45, 7) is 2.11. The van der Waals surface area contributed by atoms with Crippen molar-refractivity contribution in [3.63, 3.8) is 0 Å². The van der Waals surface area contributed by atoms with Gasteiger partial charge in [-0.15, -0.1) is 15.3 Å². The van der Waals surface area contributed by atoms with Crippen LogP contribution in [-0.4, -0.2) is 41.6 Å². The molecular formula is C23H24N8O4. The Kier molecular flexibility index (Phi) is 6.44. The van der Waals surface area contributed by atoms with Crippen molar-refractivity contribution in [2.45, 2.75) is 13.5 Å². The number of ether oxygens (including phenoxy) is 2. The van der Waals surface area contributed by atoms with E-state index in [9.17, 15) is 10.1 Å². The standard InChI is InChI=1S/C23H24N8O4/c1-13-19(9-15(24)10-21(13)31(32)33)25-27-23-20(6-5-18-22(23)28-29-26-18)30(2)12-14-7-16(34-3)11-17(8-14)35-4/h5-11H,12,24H2,1-4H3,(H,26,28,29)/b27-25+. The maximum atomic E-state index is 11.4. The first-order valence-electron chi connectivity index (χ1n) is 10.5. The van der Waals surface area contributed by atoms with E-state index in [4.69, 9.17) is 15.2 Å². The third-order valence-corrected chi connectivity index (χ3v) is 5.53. The molecule has 1 heterocycles. The number of benzene rings is 3. The normalized spacial score (nSPS) is 11.2. The average molecular weight is 476 g/mol. The van der Waals surface area contributed by atoms with E-state index >= 15 is 0 Å². The van der Waals surface area contributed by atoms with Gasteiger partial charge >= 0.3 is 0 Å². The molecule has 3 aromatic carbocycles. The largest absolute Gasteiger partial charge is 0.497 e. The smallest absolute Gasteiger partial charge is 0.276 e. The minimum absolute atomic E-state index is 0.121. The second-order valence-electron chi connectivity index (χ2n) is 7.86. The van der Waals surface area contributed by atoms with Crippen LogP contribution in [0.2, 0.25) is 0 Å². The van der Waals surface area contributed by atoms with Crippen LogP contribution < -0.4 is 20.1 Å². The average Bonchev–Trinajstić information content (AvgIpc) is 3.32. The summed E-state index contributed by atoms with van der Waals surface area (Å²) in [7, 11) is 5.11. The molecule has 0 bridgehead atoms. The van der Waals surface area contributed by atoms with Crippen molar-refractivity contribution in [1.82, 2.24) is 15.4 Å². The highest BCUT2D eigenvalue weighted by Crippen LogP contribution is 2.38. The lowest BCUT2D eigenvalue weighted by Crippen LogP contribution is -2.16. The molecule has 0 aliphatic rings. The van der Waals surface area contributed by atoms with Gasteiger partial charge in [0.1, 0.15) is 28.2 Å². The lowest BCUT2D eigenvalue weighted by atomic mass is 10.1. The van der Waals surface area contributed by atoms with Crippen molar-refractivity contribution < 1.29 is 14.4 Å². The van der Waals surface area contributed by atoms with Crippen LogP contribution in [0.25, 0.3) is 11.0 Å². The summed E-state index contributed by atoms with van der Waals surface area (Å²) in [5, 5.41) is 31.0. The number of fused-ring (bicyclic) bond motifs is 1. The Labute approximate surface area is 200 Å². The van der Waals surface area contributed by atoms with Crippen LogP contribution in [0.1, 0.15) is 11.1 Å². The molecule has 180 valence electrons. The molecule has 1 aromatic heterocycles. The fourth-order valence-electron chi connectivity index (χ4n) is 3.72. The molecule has 0 atom stereocenters. The number of aromatic amines is 1. The van der Waals surface area contributed by atoms with Gasteiger partial charge in [-0.2, -0.15) is 0 Å². The van der Waals surface area contributed by atoms with Gasteiger partial charge in [0.25, 0.3) is 5.69 Å². The summed E-state index contributed by atoms with van der Waals surface area (Å²) < 4.78 is 10.8. The molecule has 0 aliphatic heterocycles. The number of nitrogens with zero attached hydrogens (tertiary/aromatic N) is 6. The number of rotatable bonds is 8. The van der Waals surface area contributed by atoms with Crippen LogP contribution in [0.5, 0.6) is 11.5 Å². The highest BCUT2D eigenvalue weighted by atomic mass is 16.6. The SMILES string of the molecule is COc1cc(CN(C)c2ccc3nn[nH]c3c2/N=N/c2cc(N)cc([N+](=O)[O-])c2C)cc(OC)c1. The van der Waals surface area contributed by atoms with Gasteiger partial charge in [-0.25, -0.2) is 0 Å². The Morgan fingerprint density at radius 1 is 1.11 bits per heavy atom. The zero-order chi connectivity index (χ0) is 25.1. The van der Waals surface area contributed by atoms with Gasteiger partial charge in [-0.3, -0.25) is 15.2 Å². The Morgan fingerprint density at radius 3 is 2.49 bits per heavy atom. The number of nitrogen functional groups attached to an aromatic ring is 1. The van der Waals surface area contributed by atoms with Crippen LogP contribution in [0, 0.1) is 17.0 Å². The number of nitrogens with one attached hydrogen (secondary N) is 1. The van der Waals surface area contributed by atoms with E-state index in [0.717, 1.165) is 11.3 Å². The van der Waals surface area contributed by atoms with Crippen molar-refractivity contribution in [1.29, 1.82) is 0 Å². The van der Waals surface area contributed by atoms with Crippen molar-refractivity contribution >= 4 is 39.5 Å². The predicted octanol–water partition coefficient (Wildman–Crippen LogP) is 4.83. The number of hydrogen-bond donors (Lipinski definition) is 2. The summed E-state index contributed by atoms with van der Waals surface area (Å²) >= 11 is 0. The first-order valence-corrected chi connectivity index (χ1v) is 10.5. The predicted molar refractivity (Wildman–Crippen MR) is 132 cm³/mol. The van der Waals surface area contributed by atoms with Gasteiger partial charge in [0.2, 0.25) is 0 Å². The van der Waals surface area contributed by atoms with Crippen LogP contribution in [0.3, 0.4) is 0 Å². The molecule has 0 aliphatic carbocycles. The number of hydrogen-bond acceptors (Lipinski definition) is 10. The molecule has 35 heavy (non-hydrogen) atoms. The molecule has 0 saturated heterocycles. The van der Waals surface area contributed by atoms with Crippen LogP contribution in [0.15, 0.2) is 52.7 Å². The molecule has 4 rings (SSSR count). The molecule has 4 aromatic rings. The Balaban J connectivity index is 1.76. The zero-order valence-corrected chi connectivity index (χ0v) is 19.6. The molecule has 0 spiro atoms. The number of nitro benzene ring substituents is 1. The lowest BCUT2D eigenvalue weighted by Gasteiger charge is -2.21. The van der Waals surface area contributed by atoms with Gasteiger partial charge in [0, 0.05) is 31.4 Å². The fourth-order valence-corrected chi connectivity index (χ4v) is 3.72. The Morgan fingerprint density at radius 2 is 1.83 bits per heavy atom. The fraction of sp³-hybridized carbons (Fsp3) is 0.217. The van der Waals surface area contributed by atoms with Gasteiger partial charge in [-0.1, -0.05) is 5.21 Å². The van der Waals surface area contributed by atoms with Crippen molar-refractivity contribution in [2.75, 3.05) is 31.9 Å². The minimum Gasteiger partial charge on any atom is -0.497 e. The van der Waals surface area contributed by atoms with E-state index in [0.29, 0.717) is 46.0 Å². The van der Waals surface area contributed by atoms with Crippen molar-refractivity contribution in [2.24, 2.45) is 10.2 Å². The zero-order valence-electron chi connectivity index (χ0n) is 19.6. The number of nitro groups is 1. The molecule has 0 unspecified atom stereocenters. The highest BCUT2D eigenvalue weighted by Gasteiger charge is 2.18. The highest BCUT2D eigenvalue weighted by molar-refractivity contribution is 5.93. The summed E-state index contributed by atoms with van der Waals surface area (Å²) in [6, 6.07) is 12.2. The summed E-state index contributed by atoms with van der Waals surface area (Å²) in [5.74, 6) is 1.36. The first-order chi connectivity index (χ1) is 16.8. The second kappa shape index (κ2) is 9.63. The molecule has 0 saturated carbocycles. The number of H-pyrrole nitrogens is 1.